The molecule has 0 fully saturated rings. The summed E-state index contributed by atoms with van der Waals surface area (Å²) in [6, 6.07) is 23.2. The van der Waals surface area contributed by atoms with Crippen molar-refractivity contribution in [3.63, 3.8) is 0 Å². The fourth-order valence-electron chi connectivity index (χ4n) is 3.08. The Labute approximate surface area is 137 Å². The Bertz CT molecular complexity index is 831. The summed E-state index contributed by atoms with van der Waals surface area (Å²) in [6.45, 7) is 2.14. The van der Waals surface area contributed by atoms with E-state index in [1.54, 1.807) is 0 Å². The Morgan fingerprint density at radius 2 is 1.78 bits per heavy atom. The summed E-state index contributed by atoms with van der Waals surface area (Å²) < 4.78 is 0. The monoisotopic (exact) mass is 300 g/mol. The summed E-state index contributed by atoms with van der Waals surface area (Å²) in [5.41, 5.74) is 4.68. The number of aromatic nitrogens is 1. The molecule has 1 aromatic heterocycles. The first-order valence-corrected chi connectivity index (χ1v) is 8.05. The van der Waals surface area contributed by atoms with E-state index in [4.69, 9.17) is 10.2 Å². The lowest BCUT2D eigenvalue weighted by atomic mass is 9.90. The van der Waals surface area contributed by atoms with Crippen LogP contribution in [-0.2, 0) is 6.42 Å². The van der Waals surface area contributed by atoms with Crippen LogP contribution >= 0.6 is 0 Å². The van der Waals surface area contributed by atoms with Crippen LogP contribution in [-0.4, -0.2) is 4.98 Å². The van der Waals surface area contributed by atoms with Crippen molar-refractivity contribution < 1.29 is 0 Å². The van der Waals surface area contributed by atoms with E-state index in [0.29, 0.717) is 6.42 Å². The molecule has 0 N–H and O–H groups in total. The average Bonchev–Trinajstić information content (AvgIpc) is 2.59. The molecular weight excluding hydrogens is 280 g/mol. The van der Waals surface area contributed by atoms with Gasteiger partial charge in [0.2, 0.25) is 0 Å². The molecule has 1 unspecified atom stereocenters. The highest BCUT2D eigenvalue weighted by Gasteiger charge is 2.15. The Morgan fingerprint density at radius 3 is 2.57 bits per heavy atom. The zero-order valence-corrected chi connectivity index (χ0v) is 13.4. The second-order valence-corrected chi connectivity index (χ2v) is 5.96. The largest absolute Gasteiger partial charge is 0.253 e. The van der Waals surface area contributed by atoms with Crippen LogP contribution in [0.5, 0.6) is 0 Å². The molecule has 1 heterocycles. The number of pyridine rings is 1. The van der Waals surface area contributed by atoms with E-state index in [1.807, 2.05) is 18.2 Å². The highest BCUT2D eigenvalue weighted by atomic mass is 14.7. The van der Waals surface area contributed by atoms with Gasteiger partial charge in [-0.1, -0.05) is 48.5 Å². The van der Waals surface area contributed by atoms with Gasteiger partial charge >= 0.3 is 0 Å². The van der Waals surface area contributed by atoms with Crippen LogP contribution in [0.2, 0.25) is 0 Å². The number of nitriles is 1. The lowest BCUT2D eigenvalue weighted by Crippen LogP contribution is -2.06. The number of fused-ring (bicyclic) bond motifs is 1. The molecule has 0 saturated carbocycles. The molecule has 2 heteroatoms. The molecule has 3 rings (SSSR count). The number of para-hydroxylation sites is 1. The fourth-order valence-corrected chi connectivity index (χ4v) is 3.08. The van der Waals surface area contributed by atoms with Gasteiger partial charge in [-0.3, -0.25) is 4.98 Å². The summed E-state index contributed by atoms with van der Waals surface area (Å²) in [5.74, 6) is 0.278. The number of rotatable bonds is 5. The third kappa shape index (κ3) is 3.57. The molecule has 3 aromatic rings. The van der Waals surface area contributed by atoms with Crippen molar-refractivity contribution in [1.29, 1.82) is 5.26 Å². The molecule has 0 spiro atoms. The van der Waals surface area contributed by atoms with Crippen LogP contribution in [0.4, 0.5) is 0 Å². The molecule has 0 amide bonds. The van der Waals surface area contributed by atoms with Gasteiger partial charge in [-0.25, -0.2) is 0 Å². The van der Waals surface area contributed by atoms with Gasteiger partial charge in [0.05, 0.1) is 11.6 Å². The van der Waals surface area contributed by atoms with Crippen molar-refractivity contribution in [3.05, 3.63) is 77.5 Å². The molecule has 0 aliphatic rings. The number of hydrogen-bond acceptors (Lipinski definition) is 2. The highest BCUT2D eigenvalue weighted by molar-refractivity contribution is 5.82. The summed E-state index contributed by atoms with van der Waals surface area (Å²) in [5, 5.41) is 10.2. The minimum Gasteiger partial charge on any atom is -0.253 e. The maximum absolute atomic E-state index is 8.98. The van der Waals surface area contributed by atoms with E-state index in [0.717, 1.165) is 24.1 Å². The fraction of sp³-hybridized carbons (Fsp3) is 0.238. The molecule has 0 aliphatic carbocycles. The molecule has 2 nitrogen and oxygen atoms in total. The van der Waals surface area contributed by atoms with Crippen molar-refractivity contribution >= 4 is 10.9 Å². The SMILES string of the molecule is Cc1cc(C(CCC#N)Cc2ccccc2)nc2ccccc12. The van der Waals surface area contributed by atoms with Crippen LogP contribution in [0.1, 0.15) is 35.6 Å². The molecule has 114 valence electrons. The molecular formula is C21H20N2. The van der Waals surface area contributed by atoms with Crippen molar-refractivity contribution in [2.45, 2.75) is 32.1 Å². The Morgan fingerprint density at radius 1 is 1.04 bits per heavy atom. The van der Waals surface area contributed by atoms with Gasteiger partial charge in [0.15, 0.2) is 0 Å². The Kier molecular flexibility index (Phi) is 4.68. The number of hydrogen-bond donors (Lipinski definition) is 0. The van der Waals surface area contributed by atoms with Gasteiger partial charge in [-0.05, 0) is 43.0 Å². The first-order valence-electron chi connectivity index (χ1n) is 8.05. The molecule has 0 radical (unpaired) electrons. The van der Waals surface area contributed by atoms with Gasteiger partial charge in [-0.15, -0.1) is 0 Å². The zero-order chi connectivity index (χ0) is 16.1. The van der Waals surface area contributed by atoms with Crippen LogP contribution in [0.25, 0.3) is 10.9 Å². The van der Waals surface area contributed by atoms with E-state index in [9.17, 15) is 0 Å². The minimum absolute atomic E-state index is 0.278. The number of benzene rings is 2. The molecule has 0 aliphatic heterocycles. The van der Waals surface area contributed by atoms with E-state index in [1.165, 1.54) is 16.5 Å². The molecule has 0 saturated heterocycles. The average molecular weight is 300 g/mol. The van der Waals surface area contributed by atoms with Gasteiger partial charge in [0, 0.05) is 23.4 Å². The van der Waals surface area contributed by atoms with Crippen LogP contribution in [0.3, 0.4) is 0 Å². The lowest BCUT2D eigenvalue weighted by molar-refractivity contribution is 0.617. The zero-order valence-electron chi connectivity index (χ0n) is 13.4. The van der Waals surface area contributed by atoms with Crippen LogP contribution < -0.4 is 0 Å². The molecule has 1 atom stereocenters. The number of nitrogens with zero attached hydrogens (tertiary/aromatic N) is 2. The topological polar surface area (TPSA) is 36.7 Å². The smallest absolute Gasteiger partial charge is 0.0708 e. The van der Waals surface area contributed by atoms with Crippen molar-refractivity contribution in [2.24, 2.45) is 0 Å². The van der Waals surface area contributed by atoms with Crippen molar-refractivity contribution in [2.75, 3.05) is 0 Å². The van der Waals surface area contributed by atoms with Gasteiger partial charge in [-0.2, -0.15) is 5.26 Å². The van der Waals surface area contributed by atoms with Crippen LogP contribution in [0, 0.1) is 18.3 Å². The number of aryl methyl sites for hydroxylation is 1. The quantitative estimate of drug-likeness (QED) is 0.651. The van der Waals surface area contributed by atoms with Crippen LogP contribution in [0.15, 0.2) is 60.7 Å². The third-order valence-electron chi connectivity index (χ3n) is 4.29. The second kappa shape index (κ2) is 7.07. The first kappa shape index (κ1) is 15.2. The maximum Gasteiger partial charge on any atom is 0.0708 e. The highest BCUT2D eigenvalue weighted by Crippen LogP contribution is 2.28. The van der Waals surface area contributed by atoms with Gasteiger partial charge in [0.1, 0.15) is 0 Å². The standard InChI is InChI=1S/C21H20N2/c1-16-14-21(23-20-12-6-5-11-19(16)20)18(10-7-13-22)15-17-8-3-2-4-9-17/h2-6,8-9,11-12,14,18H,7,10,15H2,1H3. The van der Waals surface area contributed by atoms with E-state index >= 15 is 0 Å². The first-order chi connectivity index (χ1) is 11.3. The summed E-state index contributed by atoms with van der Waals surface area (Å²) in [4.78, 5) is 4.88. The van der Waals surface area contributed by atoms with Crippen molar-refractivity contribution in [1.82, 2.24) is 4.98 Å². The third-order valence-corrected chi connectivity index (χ3v) is 4.29. The Hall–Kier alpha value is -2.66. The predicted octanol–water partition coefficient (Wildman–Crippen LogP) is 5.17. The second-order valence-electron chi connectivity index (χ2n) is 5.96. The van der Waals surface area contributed by atoms with Gasteiger partial charge in [0.25, 0.3) is 0 Å². The normalized spacial score (nSPS) is 12.0. The summed E-state index contributed by atoms with van der Waals surface area (Å²) in [6.07, 6.45) is 2.33. The molecule has 23 heavy (non-hydrogen) atoms. The van der Waals surface area contributed by atoms with E-state index < -0.39 is 0 Å². The summed E-state index contributed by atoms with van der Waals surface area (Å²) in [7, 11) is 0. The summed E-state index contributed by atoms with van der Waals surface area (Å²) >= 11 is 0. The van der Waals surface area contributed by atoms with E-state index in [2.05, 4.69) is 55.5 Å². The predicted molar refractivity (Wildman–Crippen MR) is 94.2 cm³/mol. The van der Waals surface area contributed by atoms with E-state index in [-0.39, 0.29) is 5.92 Å². The molecule has 2 aromatic carbocycles. The van der Waals surface area contributed by atoms with Gasteiger partial charge < -0.3 is 0 Å². The Balaban J connectivity index is 1.97. The van der Waals surface area contributed by atoms with Crippen molar-refractivity contribution in [3.8, 4) is 6.07 Å². The maximum atomic E-state index is 8.98. The minimum atomic E-state index is 0.278. The lowest BCUT2D eigenvalue weighted by Gasteiger charge is -2.17. The molecule has 0 bridgehead atoms.